The van der Waals surface area contributed by atoms with Crippen LogP contribution in [0.5, 0.6) is 5.75 Å². The van der Waals surface area contributed by atoms with Gasteiger partial charge in [0.2, 0.25) is 21.8 Å². The molecule has 0 spiro atoms. The summed E-state index contributed by atoms with van der Waals surface area (Å²) in [6, 6.07) is 12.9. The van der Waals surface area contributed by atoms with Crippen LogP contribution in [0.25, 0.3) is 6.08 Å². The molecule has 30 heavy (non-hydrogen) atoms. The SMILES string of the molecule is CCN(CC)S(=O)(=O)c1ccc(O)c(NC(=O)CNC(=O)C=Cc2ccccc2)c1. The topological polar surface area (TPSA) is 116 Å². The maximum absolute atomic E-state index is 12.6. The summed E-state index contributed by atoms with van der Waals surface area (Å²) < 4.78 is 26.5. The van der Waals surface area contributed by atoms with Crippen LogP contribution in [0.15, 0.2) is 59.5 Å². The number of sulfonamides is 1. The summed E-state index contributed by atoms with van der Waals surface area (Å²) in [6.07, 6.45) is 2.91. The number of amides is 2. The number of phenols is 1. The fraction of sp³-hybridized carbons (Fsp3) is 0.238. The third-order valence-electron chi connectivity index (χ3n) is 4.24. The van der Waals surface area contributed by atoms with Crippen molar-refractivity contribution in [2.24, 2.45) is 0 Å². The number of rotatable bonds is 9. The minimum absolute atomic E-state index is 0.0471. The van der Waals surface area contributed by atoms with E-state index in [1.165, 1.54) is 28.6 Å². The average molecular weight is 432 g/mol. The second-order valence-electron chi connectivity index (χ2n) is 6.28. The number of hydrogen-bond donors (Lipinski definition) is 3. The maximum atomic E-state index is 12.6. The van der Waals surface area contributed by atoms with E-state index in [0.29, 0.717) is 13.1 Å². The van der Waals surface area contributed by atoms with E-state index >= 15 is 0 Å². The molecule has 2 aromatic carbocycles. The van der Waals surface area contributed by atoms with E-state index < -0.39 is 21.8 Å². The normalized spacial score (nSPS) is 11.6. The minimum atomic E-state index is -3.74. The van der Waals surface area contributed by atoms with Gasteiger partial charge in [-0.15, -0.1) is 0 Å². The van der Waals surface area contributed by atoms with Crippen LogP contribution in [0, 0.1) is 0 Å². The maximum Gasteiger partial charge on any atom is 0.244 e. The van der Waals surface area contributed by atoms with Crippen molar-refractivity contribution in [3.05, 3.63) is 60.2 Å². The van der Waals surface area contributed by atoms with Crippen LogP contribution in [-0.2, 0) is 19.6 Å². The number of benzene rings is 2. The van der Waals surface area contributed by atoms with Gasteiger partial charge in [-0.05, 0) is 29.8 Å². The van der Waals surface area contributed by atoms with E-state index in [4.69, 9.17) is 0 Å². The van der Waals surface area contributed by atoms with Crippen molar-refractivity contribution in [3.8, 4) is 5.75 Å². The molecule has 0 saturated carbocycles. The summed E-state index contributed by atoms with van der Waals surface area (Å²) in [6.45, 7) is 3.69. The smallest absolute Gasteiger partial charge is 0.244 e. The molecule has 0 aromatic heterocycles. The van der Waals surface area contributed by atoms with Gasteiger partial charge in [-0.3, -0.25) is 9.59 Å². The lowest BCUT2D eigenvalue weighted by Gasteiger charge is -2.19. The molecule has 0 saturated heterocycles. The van der Waals surface area contributed by atoms with Crippen molar-refractivity contribution in [1.29, 1.82) is 0 Å². The molecule has 2 aromatic rings. The molecule has 9 heteroatoms. The van der Waals surface area contributed by atoms with Crippen molar-refractivity contribution < 1.29 is 23.1 Å². The van der Waals surface area contributed by atoms with Crippen LogP contribution in [0.3, 0.4) is 0 Å². The zero-order chi connectivity index (χ0) is 22.1. The predicted octanol–water partition coefficient (Wildman–Crippen LogP) is 2.19. The molecule has 0 aliphatic heterocycles. The molecule has 0 radical (unpaired) electrons. The summed E-state index contributed by atoms with van der Waals surface area (Å²) >= 11 is 0. The van der Waals surface area contributed by atoms with Gasteiger partial charge in [-0.2, -0.15) is 4.31 Å². The third kappa shape index (κ3) is 6.16. The van der Waals surface area contributed by atoms with Gasteiger partial charge in [0, 0.05) is 19.2 Å². The molecule has 0 aliphatic rings. The Labute approximate surface area is 176 Å². The largest absolute Gasteiger partial charge is 0.506 e. The Morgan fingerprint density at radius 2 is 1.73 bits per heavy atom. The molecule has 0 bridgehead atoms. The molecule has 0 heterocycles. The van der Waals surface area contributed by atoms with Crippen LogP contribution in [-0.4, -0.2) is 49.3 Å². The van der Waals surface area contributed by atoms with Crippen LogP contribution < -0.4 is 10.6 Å². The highest BCUT2D eigenvalue weighted by Gasteiger charge is 2.23. The molecule has 0 unspecified atom stereocenters. The zero-order valence-corrected chi connectivity index (χ0v) is 17.6. The molecule has 2 amide bonds. The number of phenolic OH excluding ortho intramolecular Hbond substituents is 1. The second kappa shape index (κ2) is 10.6. The Morgan fingerprint density at radius 3 is 2.37 bits per heavy atom. The molecular formula is C21H25N3O5S. The second-order valence-corrected chi connectivity index (χ2v) is 8.22. The number of hydrogen-bond acceptors (Lipinski definition) is 5. The summed E-state index contributed by atoms with van der Waals surface area (Å²) in [5, 5.41) is 14.8. The van der Waals surface area contributed by atoms with Gasteiger partial charge in [0.05, 0.1) is 17.1 Å². The quantitative estimate of drug-likeness (QED) is 0.416. The number of anilines is 1. The van der Waals surface area contributed by atoms with Crippen molar-refractivity contribution in [1.82, 2.24) is 9.62 Å². The monoisotopic (exact) mass is 431 g/mol. The van der Waals surface area contributed by atoms with Crippen molar-refractivity contribution in [2.45, 2.75) is 18.7 Å². The van der Waals surface area contributed by atoms with Crippen molar-refractivity contribution in [3.63, 3.8) is 0 Å². The first kappa shape index (κ1) is 23.1. The number of carbonyl (C=O) groups is 2. The van der Waals surface area contributed by atoms with Crippen LogP contribution in [0.4, 0.5) is 5.69 Å². The number of aromatic hydroxyl groups is 1. The first-order chi connectivity index (χ1) is 14.3. The summed E-state index contributed by atoms with van der Waals surface area (Å²) in [5.74, 6) is -1.35. The van der Waals surface area contributed by atoms with E-state index in [1.54, 1.807) is 19.9 Å². The minimum Gasteiger partial charge on any atom is -0.506 e. The van der Waals surface area contributed by atoms with E-state index in [9.17, 15) is 23.1 Å². The van der Waals surface area contributed by atoms with Gasteiger partial charge in [0.1, 0.15) is 5.75 Å². The standard InChI is InChI=1S/C21H25N3O5S/c1-3-24(4-2)30(28,29)17-11-12-19(25)18(14-17)23-21(27)15-22-20(26)13-10-16-8-6-5-7-9-16/h5-14,25H,3-4,15H2,1-2H3,(H,22,26)(H,23,27). The lowest BCUT2D eigenvalue weighted by Crippen LogP contribution is -2.32. The molecular weight excluding hydrogens is 406 g/mol. The molecule has 160 valence electrons. The summed E-state index contributed by atoms with van der Waals surface area (Å²) in [7, 11) is -3.74. The lowest BCUT2D eigenvalue weighted by atomic mass is 10.2. The summed E-state index contributed by atoms with van der Waals surface area (Å²) in [4.78, 5) is 23.9. The van der Waals surface area contributed by atoms with E-state index in [-0.39, 0.29) is 22.9 Å². The Morgan fingerprint density at radius 1 is 1.07 bits per heavy atom. The fourth-order valence-corrected chi connectivity index (χ4v) is 4.13. The Kier molecular flexibility index (Phi) is 8.14. The Bertz CT molecular complexity index is 1020. The number of nitrogens with zero attached hydrogens (tertiary/aromatic N) is 1. The molecule has 0 aliphatic carbocycles. The zero-order valence-electron chi connectivity index (χ0n) is 16.8. The summed E-state index contributed by atoms with van der Waals surface area (Å²) in [5.41, 5.74) is 0.788. The Balaban J connectivity index is 2.01. The molecule has 0 atom stereocenters. The van der Waals surface area contributed by atoms with Crippen molar-refractivity contribution >= 4 is 33.6 Å². The van der Waals surface area contributed by atoms with Gasteiger partial charge < -0.3 is 15.7 Å². The fourth-order valence-electron chi connectivity index (χ4n) is 2.65. The first-order valence-corrected chi connectivity index (χ1v) is 10.9. The third-order valence-corrected chi connectivity index (χ3v) is 6.28. The molecule has 2 rings (SSSR count). The van der Waals surface area contributed by atoms with Gasteiger partial charge in [0.25, 0.3) is 0 Å². The first-order valence-electron chi connectivity index (χ1n) is 9.42. The van der Waals surface area contributed by atoms with E-state index in [2.05, 4.69) is 10.6 Å². The van der Waals surface area contributed by atoms with Gasteiger partial charge in [-0.1, -0.05) is 44.2 Å². The highest BCUT2D eigenvalue weighted by molar-refractivity contribution is 7.89. The highest BCUT2D eigenvalue weighted by atomic mass is 32.2. The molecule has 8 nitrogen and oxygen atoms in total. The van der Waals surface area contributed by atoms with Gasteiger partial charge >= 0.3 is 0 Å². The van der Waals surface area contributed by atoms with Crippen LogP contribution >= 0.6 is 0 Å². The van der Waals surface area contributed by atoms with Gasteiger partial charge in [0.15, 0.2) is 0 Å². The van der Waals surface area contributed by atoms with Crippen molar-refractivity contribution in [2.75, 3.05) is 25.0 Å². The van der Waals surface area contributed by atoms with Crippen LogP contribution in [0.1, 0.15) is 19.4 Å². The molecule has 0 fully saturated rings. The number of nitrogens with one attached hydrogen (secondary N) is 2. The Hall–Kier alpha value is -3.17. The average Bonchev–Trinajstić information content (AvgIpc) is 2.73. The number of carbonyl (C=O) groups excluding carboxylic acids is 2. The lowest BCUT2D eigenvalue weighted by molar-refractivity contribution is -0.121. The van der Waals surface area contributed by atoms with Crippen LogP contribution in [0.2, 0.25) is 0 Å². The van der Waals surface area contributed by atoms with E-state index in [1.807, 2.05) is 30.3 Å². The van der Waals surface area contributed by atoms with Gasteiger partial charge in [-0.25, -0.2) is 8.42 Å². The highest BCUT2D eigenvalue weighted by Crippen LogP contribution is 2.27. The van der Waals surface area contributed by atoms with E-state index in [0.717, 1.165) is 5.56 Å². The molecule has 3 N–H and O–H groups in total. The predicted molar refractivity (Wildman–Crippen MR) is 115 cm³/mol.